The largest absolute Gasteiger partial charge is 0.274 e. The number of anilines is 1. The summed E-state index contributed by atoms with van der Waals surface area (Å²) in [7, 11) is -4.29. The fourth-order valence-corrected chi connectivity index (χ4v) is 6.30. The van der Waals surface area contributed by atoms with Crippen LogP contribution in [-0.4, -0.2) is 30.6 Å². The second-order valence-corrected chi connectivity index (χ2v) is 11.3. The number of amides is 2. The summed E-state index contributed by atoms with van der Waals surface area (Å²) in [5.41, 5.74) is 1.05. The molecule has 1 fully saturated rings. The smallest absolute Gasteiger partial charge is 0.252 e. The first-order valence-electron chi connectivity index (χ1n) is 9.81. The molecule has 0 N–H and O–H groups in total. The molecular weight excluding hydrogens is 598 g/mol. The normalized spacial score (nSPS) is 16.6. The van der Waals surface area contributed by atoms with E-state index in [1.165, 1.54) is 18.2 Å². The summed E-state index contributed by atoms with van der Waals surface area (Å²) in [6.07, 6.45) is -0.283. The van der Waals surface area contributed by atoms with Crippen molar-refractivity contribution >= 4 is 73.3 Å². The zero-order valence-corrected chi connectivity index (χ0v) is 21.5. The van der Waals surface area contributed by atoms with Crippen molar-refractivity contribution in [3.63, 3.8) is 0 Å². The molecule has 1 heterocycles. The first-order chi connectivity index (χ1) is 15.7. The lowest BCUT2D eigenvalue weighted by Crippen LogP contribution is -2.45. The molecule has 10 heteroatoms. The SMILES string of the molecule is O=C1CC(N(Cc2ccccc2)S(=O)(=O)c2cc(Cl)ccc2Cl)C(=O)N1c1ccc(I)cc1. The van der Waals surface area contributed by atoms with Crippen molar-refractivity contribution in [2.24, 2.45) is 0 Å². The minimum absolute atomic E-state index is 0.0243. The molecule has 3 aromatic carbocycles. The highest BCUT2D eigenvalue weighted by atomic mass is 127. The van der Waals surface area contributed by atoms with Crippen LogP contribution in [0.2, 0.25) is 10.0 Å². The van der Waals surface area contributed by atoms with Gasteiger partial charge >= 0.3 is 0 Å². The average Bonchev–Trinajstić information content (AvgIpc) is 3.08. The minimum Gasteiger partial charge on any atom is -0.274 e. The van der Waals surface area contributed by atoms with Crippen molar-refractivity contribution in [2.75, 3.05) is 4.90 Å². The van der Waals surface area contributed by atoms with E-state index in [-0.39, 0.29) is 27.9 Å². The molecule has 0 aliphatic carbocycles. The highest BCUT2D eigenvalue weighted by Crippen LogP contribution is 2.34. The molecule has 0 bridgehead atoms. The first kappa shape index (κ1) is 24.2. The molecule has 1 aliphatic rings. The number of hydrogen-bond acceptors (Lipinski definition) is 4. The number of benzene rings is 3. The fourth-order valence-electron chi connectivity index (χ4n) is 3.63. The number of carbonyl (C=O) groups is 2. The summed E-state index contributed by atoms with van der Waals surface area (Å²) < 4.78 is 29.4. The van der Waals surface area contributed by atoms with Crippen LogP contribution in [0, 0.1) is 3.57 Å². The first-order valence-corrected chi connectivity index (χ1v) is 13.1. The van der Waals surface area contributed by atoms with Gasteiger partial charge in [0.25, 0.3) is 5.91 Å². The molecule has 1 atom stereocenters. The second-order valence-electron chi connectivity index (χ2n) is 7.37. The summed E-state index contributed by atoms with van der Waals surface area (Å²) in [5, 5.41) is 0.163. The van der Waals surface area contributed by atoms with Gasteiger partial charge < -0.3 is 0 Å². The summed E-state index contributed by atoms with van der Waals surface area (Å²) >= 11 is 14.4. The molecular formula is C23H17Cl2IN2O4S. The lowest BCUT2D eigenvalue weighted by molar-refractivity contribution is -0.122. The van der Waals surface area contributed by atoms with Gasteiger partial charge in [-0.05, 0) is 70.6 Å². The number of nitrogens with zero attached hydrogens (tertiary/aromatic N) is 2. The summed E-state index contributed by atoms with van der Waals surface area (Å²) in [5.74, 6) is -1.09. The van der Waals surface area contributed by atoms with Crippen molar-refractivity contribution in [3.8, 4) is 0 Å². The third-order valence-corrected chi connectivity index (χ3v) is 8.51. The molecule has 3 aromatic rings. The third kappa shape index (κ3) is 4.95. The lowest BCUT2D eigenvalue weighted by atomic mass is 10.2. The monoisotopic (exact) mass is 614 g/mol. The standard InChI is InChI=1S/C23H17Cl2IN2O4S/c24-16-6-11-19(25)21(12-16)33(31,32)27(14-15-4-2-1-3-5-15)20-13-22(29)28(23(20)30)18-9-7-17(26)8-10-18/h1-12,20H,13-14H2. The molecule has 2 amide bonds. The predicted molar refractivity (Wildman–Crippen MR) is 136 cm³/mol. The Balaban J connectivity index is 1.78. The highest BCUT2D eigenvalue weighted by molar-refractivity contribution is 14.1. The van der Waals surface area contributed by atoms with Gasteiger partial charge in [-0.2, -0.15) is 4.31 Å². The van der Waals surface area contributed by atoms with E-state index in [0.717, 1.165) is 12.8 Å². The topological polar surface area (TPSA) is 74.8 Å². The Hall–Kier alpha value is -1.98. The van der Waals surface area contributed by atoms with Crippen LogP contribution in [0.1, 0.15) is 12.0 Å². The Labute approximate surface area is 215 Å². The molecule has 0 aromatic heterocycles. The number of imide groups is 1. The van der Waals surface area contributed by atoms with Crippen molar-refractivity contribution in [3.05, 3.63) is 92.0 Å². The van der Waals surface area contributed by atoms with E-state index in [1.54, 1.807) is 54.6 Å². The van der Waals surface area contributed by atoms with Crippen molar-refractivity contribution in [1.29, 1.82) is 0 Å². The predicted octanol–water partition coefficient (Wildman–Crippen LogP) is 5.12. The lowest BCUT2D eigenvalue weighted by Gasteiger charge is -2.27. The van der Waals surface area contributed by atoms with Crippen LogP contribution in [-0.2, 0) is 26.2 Å². The van der Waals surface area contributed by atoms with Crippen molar-refractivity contribution < 1.29 is 18.0 Å². The van der Waals surface area contributed by atoms with E-state index in [4.69, 9.17) is 23.2 Å². The average molecular weight is 615 g/mol. The minimum atomic E-state index is -4.29. The maximum atomic E-state index is 13.7. The molecule has 6 nitrogen and oxygen atoms in total. The van der Waals surface area contributed by atoms with Gasteiger partial charge in [0.05, 0.1) is 17.1 Å². The Kier molecular flexibility index (Phi) is 7.11. The van der Waals surface area contributed by atoms with Crippen LogP contribution in [0.5, 0.6) is 0 Å². The number of carbonyl (C=O) groups excluding carboxylic acids is 2. The third-order valence-electron chi connectivity index (χ3n) is 5.22. The molecule has 0 spiro atoms. The van der Waals surface area contributed by atoms with Crippen LogP contribution in [0.25, 0.3) is 0 Å². The molecule has 1 unspecified atom stereocenters. The molecule has 0 radical (unpaired) electrons. The molecule has 0 saturated carbocycles. The molecule has 1 saturated heterocycles. The van der Waals surface area contributed by atoms with Gasteiger partial charge in [-0.15, -0.1) is 0 Å². The Morgan fingerprint density at radius 3 is 2.30 bits per heavy atom. The van der Waals surface area contributed by atoms with Crippen molar-refractivity contribution in [1.82, 2.24) is 4.31 Å². The van der Waals surface area contributed by atoms with Crippen LogP contribution in [0.3, 0.4) is 0 Å². The maximum absolute atomic E-state index is 13.7. The summed E-state index contributed by atoms with van der Waals surface area (Å²) in [6.45, 7) is -0.115. The van der Waals surface area contributed by atoms with E-state index in [0.29, 0.717) is 11.3 Å². The van der Waals surface area contributed by atoms with E-state index in [9.17, 15) is 18.0 Å². The highest BCUT2D eigenvalue weighted by Gasteiger charge is 2.47. The van der Waals surface area contributed by atoms with Crippen LogP contribution in [0.15, 0.2) is 77.7 Å². The number of halogens is 3. The molecule has 170 valence electrons. The van der Waals surface area contributed by atoms with Gasteiger partial charge in [-0.1, -0.05) is 53.5 Å². The second kappa shape index (κ2) is 9.71. The number of hydrogen-bond donors (Lipinski definition) is 0. The molecule has 1 aliphatic heterocycles. The number of sulfonamides is 1. The maximum Gasteiger partial charge on any atom is 0.252 e. The van der Waals surface area contributed by atoms with Gasteiger partial charge in [0.15, 0.2) is 0 Å². The van der Waals surface area contributed by atoms with E-state index < -0.39 is 27.9 Å². The van der Waals surface area contributed by atoms with E-state index >= 15 is 0 Å². The van der Waals surface area contributed by atoms with Gasteiger partial charge in [0.2, 0.25) is 15.9 Å². The van der Waals surface area contributed by atoms with E-state index in [1.807, 2.05) is 0 Å². The zero-order chi connectivity index (χ0) is 23.8. The van der Waals surface area contributed by atoms with Crippen LogP contribution >= 0.6 is 45.8 Å². The quantitative estimate of drug-likeness (QED) is 0.285. The summed E-state index contributed by atoms with van der Waals surface area (Å²) in [4.78, 5) is 27.1. The zero-order valence-electron chi connectivity index (χ0n) is 17.0. The van der Waals surface area contributed by atoms with Crippen LogP contribution in [0.4, 0.5) is 5.69 Å². The van der Waals surface area contributed by atoms with Crippen molar-refractivity contribution in [2.45, 2.75) is 23.9 Å². The van der Waals surface area contributed by atoms with Gasteiger partial charge in [0.1, 0.15) is 10.9 Å². The Bertz CT molecular complexity index is 1320. The van der Waals surface area contributed by atoms with Gasteiger partial charge in [0, 0.05) is 15.1 Å². The molecule has 33 heavy (non-hydrogen) atoms. The Morgan fingerprint density at radius 1 is 0.970 bits per heavy atom. The molecule has 4 rings (SSSR count). The van der Waals surface area contributed by atoms with Gasteiger partial charge in [-0.3, -0.25) is 9.59 Å². The number of rotatable bonds is 6. The summed E-state index contributed by atoms with van der Waals surface area (Å²) in [6, 6.07) is 18.6. The Morgan fingerprint density at radius 2 is 1.64 bits per heavy atom. The van der Waals surface area contributed by atoms with E-state index in [2.05, 4.69) is 22.6 Å². The fraction of sp³-hybridized carbons (Fsp3) is 0.130. The van der Waals surface area contributed by atoms with Crippen LogP contribution < -0.4 is 4.90 Å². The van der Waals surface area contributed by atoms with Gasteiger partial charge in [-0.25, -0.2) is 13.3 Å².